The number of esters is 1. The lowest BCUT2D eigenvalue weighted by atomic mass is 10.1. The molecule has 26 heavy (non-hydrogen) atoms. The van der Waals surface area contributed by atoms with E-state index in [1.807, 2.05) is 0 Å². The van der Waals surface area contributed by atoms with Gasteiger partial charge in [0.25, 0.3) is 11.8 Å². The van der Waals surface area contributed by atoms with Gasteiger partial charge in [0.2, 0.25) is 0 Å². The Morgan fingerprint density at radius 2 is 1.85 bits per heavy atom. The number of benzene rings is 1. The van der Waals surface area contributed by atoms with E-state index in [0.717, 1.165) is 29.7 Å². The lowest BCUT2D eigenvalue weighted by Gasteiger charge is -2.09. The summed E-state index contributed by atoms with van der Waals surface area (Å²) in [6.45, 7) is -0.541. The number of hydrogen-bond acceptors (Lipinski definition) is 5. The first-order chi connectivity index (χ1) is 12.4. The predicted octanol–water partition coefficient (Wildman–Crippen LogP) is 3.44. The summed E-state index contributed by atoms with van der Waals surface area (Å²) in [5.74, 6) is -1.97. The van der Waals surface area contributed by atoms with E-state index in [0.29, 0.717) is 10.6 Å². The van der Waals surface area contributed by atoms with Crippen LogP contribution in [0.15, 0.2) is 18.2 Å². The van der Waals surface area contributed by atoms with Gasteiger partial charge < -0.3 is 15.8 Å². The summed E-state index contributed by atoms with van der Waals surface area (Å²) in [6, 6.07) is 4.59. The van der Waals surface area contributed by atoms with Crippen molar-refractivity contribution in [2.45, 2.75) is 19.3 Å². The van der Waals surface area contributed by atoms with E-state index >= 15 is 0 Å². The largest absolute Gasteiger partial charge is 0.452 e. The van der Waals surface area contributed by atoms with Crippen molar-refractivity contribution in [3.8, 4) is 0 Å². The maximum Gasteiger partial charge on any atom is 0.341 e. The molecular formula is C17H14Cl2N2O4S. The fourth-order valence-corrected chi connectivity index (χ4v) is 4.67. The third-order valence-electron chi connectivity index (χ3n) is 3.92. The number of primary amides is 1. The Kier molecular flexibility index (Phi) is 5.50. The summed E-state index contributed by atoms with van der Waals surface area (Å²) in [7, 11) is 0. The third-order valence-corrected chi connectivity index (χ3v) is 5.76. The number of carbonyl (C=O) groups excluding carboxylic acids is 3. The first kappa shape index (κ1) is 18.7. The first-order valence-electron chi connectivity index (χ1n) is 7.73. The number of anilines is 1. The van der Waals surface area contributed by atoms with Crippen LogP contribution in [0.25, 0.3) is 0 Å². The monoisotopic (exact) mass is 412 g/mol. The smallest absolute Gasteiger partial charge is 0.341 e. The molecule has 6 nitrogen and oxygen atoms in total. The molecule has 0 radical (unpaired) electrons. The molecule has 0 unspecified atom stereocenters. The number of amides is 2. The molecular weight excluding hydrogens is 399 g/mol. The van der Waals surface area contributed by atoms with Crippen LogP contribution in [0.3, 0.4) is 0 Å². The van der Waals surface area contributed by atoms with Crippen molar-refractivity contribution in [2.24, 2.45) is 5.73 Å². The zero-order valence-corrected chi connectivity index (χ0v) is 15.8. The molecule has 0 saturated heterocycles. The minimum atomic E-state index is -0.806. The van der Waals surface area contributed by atoms with Crippen LogP contribution in [0.4, 0.5) is 5.00 Å². The molecule has 1 aliphatic carbocycles. The van der Waals surface area contributed by atoms with Gasteiger partial charge in [-0.15, -0.1) is 11.3 Å². The molecule has 1 aromatic heterocycles. The molecule has 1 heterocycles. The highest BCUT2D eigenvalue weighted by molar-refractivity contribution is 7.17. The number of ether oxygens (including phenoxy) is 1. The molecule has 9 heteroatoms. The van der Waals surface area contributed by atoms with Crippen LogP contribution in [-0.4, -0.2) is 24.4 Å². The lowest BCUT2D eigenvalue weighted by Crippen LogP contribution is -2.23. The van der Waals surface area contributed by atoms with Crippen molar-refractivity contribution in [1.82, 2.24) is 0 Å². The number of halogens is 2. The molecule has 3 N–H and O–H groups in total. The van der Waals surface area contributed by atoms with E-state index in [-0.39, 0.29) is 15.6 Å². The second-order valence-corrected chi connectivity index (χ2v) is 7.57. The Balaban J connectivity index is 1.67. The van der Waals surface area contributed by atoms with Crippen molar-refractivity contribution in [3.05, 3.63) is 49.8 Å². The third kappa shape index (κ3) is 3.70. The fraction of sp³-hybridized carbons (Fsp3) is 0.235. The van der Waals surface area contributed by atoms with Gasteiger partial charge in [0.1, 0.15) is 5.00 Å². The summed E-state index contributed by atoms with van der Waals surface area (Å²) >= 11 is 13.2. The molecule has 0 spiro atoms. The quantitative estimate of drug-likeness (QED) is 0.734. The molecule has 0 atom stereocenters. The molecule has 0 bridgehead atoms. The minimum Gasteiger partial charge on any atom is -0.452 e. The highest BCUT2D eigenvalue weighted by atomic mass is 35.5. The Morgan fingerprint density at radius 3 is 2.50 bits per heavy atom. The highest BCUT2D eigenvalue weighted by Crippen LogP contribution is 2.38. The van der Waals surface area contributed by atoms with Crippen LogP contribution >= 0.6 is 34.5 Å². The highest BCUT2D eigenvalue weighted by Gasteiger charge is 2.26. The fourth-order valence-electron chi connectivity index (χ4n) is 2.81. The number of carbonyl (C=O) groups is 3. The van der Waals surface area contributed by atoms with Crippen LogP contribution in [0.2, 0.25) is 10.0 Å². The first-order valence-corrected chi connectivity index (χ1v) is 9.31. The Hall–Kier alpha value is -2.09. The summed E-state index contributed by atoms with van der Waals surface area (Å²) in [5.41, 5.74) is 6.68. The number of thiophene rings is 1. The molecule has 0 fully saturated rings. The zero-order valence-electron chi connectivity index (χ0n) is 13.4. The molecule has 2 amide bonds. The molecule has 0 saturated carbocycles. The van der Waals surface area contributed by atoms with Crippen LogP contribution < -0.4 is 11.1 Å². The van der Waals surface area contributed by atoms with Gasteiger partial charge in [-0.1, -0.05) is 29.3 Å². The van der Waals surface area contributed by atoms with E-state index in [1.165, 1.54) is 23.5 Å². The lowest BCUT2D eigenvalue weighted by molar-refractivity contribution is -0.119. The number of nitrogens with one attached hydrogen (secondary N) is 1. The van der Waals surface area contributed by atoms with Gasteiger partial charge in [0.15, 0.2) is 6.61 Å². The summed E-state index contributed by atoms with van der Waals surface area (Å²) in [6.07, 6.45) is 2.59. The van der Waals surface area contributed by atoms with Gasteiger partial charge in [-0.3, -0.25) is 9.59 Å². The van der Waals surface area contributed by atoms with Crippen LogP contribution in [0.1, 0.15) is 37.6 Å². The van der Waals surface area contributed by atoms with Crippen molar-refractivity contribution in [2.75, 3.05) is 11.9 Å². The maximum atomic E-state index is 12.1. The SMILES string of the molecule is NC(=O)c1c(NC(=O)COC(=O)c2c(Cl)cccc2Cl)sc2c1CCC2. The van der Waals surface area contributed by atoms with E-state index in [4.69, 9.17) is 33.7 Å². The van der Waals surface area contributed by atoms with E-state index < -0.39 is 24.4 Å². The summed E-state index contributed by atoms with van der Waals surface area (Å²) < 4.78 is 4.97. The number of nitrogens with two attached hydrogens (primary N) is 1. The molecule has 0 aliphatic heterocycles. The summed E-state index contributed by atoms with van der Waals surface area (Å²) in [5, 5.41) is 3.25. The number of fused-ring (bicyclic) bond motifs is 1. The van der Waals surface area contributed by atoms with Crippen LogP contribution in [0.5, 0.6) is 0 Å². The molecule has 1 aromatic carbocycles. The van der Waals surface area contributed by atoms with Gasteiger partial charge in [0, 0.05) is 4.88 Å². The van der Waals surface area contributed by atoms with Crippen molar-refractivity contribution >= 4 is 57.3 Å². The average Bonchev–Trinajstić information content (AvgIpc) is 3.12. The standard InChI is InChI=1S/C17H14Cl2N2O4S/c18-9-4-2-5-10(19)14(9)17(24)25-7-12(22)21-16-13(15(20)23)8-3-1-6-11(8)26-16/h2,4-5H,1,3,6-7H2,(H2,20,23)(H,21,22). The van der Waals surface area contributed by atoms with Crippen LogP contribution in [0, 0.1) is 0 Å². The average molecular weight is 413 g/mol. The second kappa shape index (κ2) is 7.65. The van der Waals surface area contributed by atoms with E-state index in [2.05, 4.69) is 5.32 Å². The normalized spacial score (nSPS) is 12.5. The van der Waals surface area contributed by atoms with Gasteiger partial charge in [-0.2, -0.15) is 0 Å². The summed E-state index contributed by atoms with van der Waals surface area (Å²) in [4.78, 5) is 37.0. The maximum absolute atomic E-state index is 12.1. The van der Waals surface area contributed by atoms with Crippen molar-refractivity contribution < 1.29 is 19.1 Å². The molecule has 1 aliphatic rings. The minimum absolute atomic E-state index is 0.00319. The number of aryl methyl sites for hydroxylation is 1. The van der Waals surface area contributed by atoms with Gasteiger partial charge in [-0.25, -0.2) is 4.79 Å². The Morgan fingerprint density at radius 1 is 1.15 bits per heavy atom. The number of hydrogen-bond donors (Lipinski definition) is 2. The van der Waals surface area contributed by atoms with Gasteiger partial charge in [-0.05, 0) is 37.0 Å². The van der Waals surface area contributed by atoms with Crippen molar-refractivity contribution in [1.29, 1.82) is 0 Å². The zero-order chi connectivity index (χ0) is 18.8. The van der Waals surface area contributed by atoms with Gasteiger partial charge in [0.05, 0.1) is 21.2 Å². The second-order valence-electron chi connectivity index (χ2n) is 5.65. The van der Waals surface area contributed by atoms with Crippen LogP contribution in [-0.2, 0) is 22.4 Å². The Bertz CT molecular complexity index is 890. The molecule has 2 aromatic rings. The molecule has 3 rings (SSSR count). The predicted molar refractivity (Wildman–Crippen MR) is 100 cm³/mol. The van der Waals surface area contributed by atoms with E-state index in [9.17, 15) is 14.4 Å². The Labute approximate surface area is 163 Å². The topological polar surface area (TPSA) is 98.5 Å². The number of rotatable bonds is 5. The molecule has 136 valence electrons. The van der Waals surface area contributed by atoms with Crippen molar-refractivity contribution in [3.63, 3.8) is 0 Å². The van der Waals surface area contributed by atoms with Gasteiger partial charge >= 0.3 is 5.97 Å². The van der Waals surface area contributed by atoms with E-state index in [1.54, 1.807) is 6.07 Å².